The Morgan fingerprint density at radius 1 is 1.13 bits per heavy atom. The van der Waals surface area contributed by atoms with Crippen LogP contribution in [-0.2, 0) is 9.59 Å². The minimum Gasteiger partial charge on any atom is -0.508 e. The van der Waals surface area contributed by atoms with Crippen LogP contribution in [0.25, 0.3) is 5.76 Å². The summed E-state index contributed by atoms with van der Waals surface area (Å²) in [7, 11) is 5.49. The number of Topliss-reactive ketones (excluding diaryl/α,β-unsaturated/α-hetero) is 1. The number of phenols is 1. The van der Waals surface area contributed by atoms with Gasteiger partial charge in [0.2, 0.25) is 0 Å². The smallest absolute Gasteiger partial charge is 0.295 e. The van der Waals surface area contributed by atoms with Gasteiger partial charge in [-0.3, -0.25) is 9.59 Å². The fraction of sp³-hybridized carbons (Fsp3) is 0.304. The summed E-state index contributed by atoms with van der Waals surface area (Å²) < 4.78 is 5.26. The van der Waals surface area contributed by atoms with Crippen molar-refractivity contribution in [2.45, 2.75) is 13.0 Å². The van der Waals surface area contributed by atoms with Crippen molar-refractivity contribution in [2.24, 2.45) is 0 Å². The zero-order valence-electron chi connectivity index (χ0n) is 17.6. The van der Waals surface area contributed by atoms with Gasteiger partial charge in [0.15, 0.2) is 0 Å². The predicted octanol–water partition coefficient (Wildman–Crippen LogP) is 1.28. The number of nitrogens with one attached hydrogen (secondary N) is 1. The van der Waals surface area contributed by atoms with E-state index in [-0.39, 0.29) is 17.1 Å². The maximum absolute atomic E-state index is 12.9. The molecule has 7 nitrogen and oxygen atoms in total. The molecule has 1 fully saturated rings. The van der Waals surface area contributed by atoms with E-state index in [1.165, 1.54) is 17.0 Å². The summed E-state index contributed by atoms with van der Waals surface area (Å²) in [6.07, 6.45) is 0. The van der Waals surface area contributed by atoms with Gasteiger partial charge in [0.25, 0.3) is 11.7 Å². The van der Waals surface area contributed by atoms with Gasteiger partial charge in [0, 0.05) is 5.56 Å². The highest BCUT2D eigenvalue weighted by Gasteiger charge is 2.46. The van der Waals surface area contributed by atoms with Crippen LogP contribution in [0.2, 0.25) is 0 Å². The summed E-state index contributed by atoms with van der Waals surface area (Å²) >= 11 is 0. The Hall–Kier alpha value is -3.32. The number of hydrogen-bond acceptors (Lipinski definition) is 5. The van der Waals surface area contributed by atoms with E-state index in [9.17, 15) is 19.8 Å². The van der Waals surface area contributed by atoms with Gasteiger partial charge in [-0.1, -0.05) is 12.1 Å². The van der Waals surface area contributed by atoms with Crippen LogP contribution in [0.15, 0.2) is 48.0 Å². The first kappa shape index (κ1) is 21.4. The number of aromatic hydroxyl groups is 1. The predicted molar refractivity (Wildman–Crippen MR) is 113 cm³/mol. The van der Waals surface area contributed by atoms with Crippen molar-refractivity contribution >= 4 is 17.4 Å². The molecule has 0 unspecified atom stereocenters. The maximum Gasteiger partial charge on any atom is 0.295 e. The van der Waals surface area contributed by atoms with Gasteiger partial charge in [-0.25, -0.2) is 0 Å². The van der Waals surface area contributed by atoms with Crippen LogP contribution < -0.4 is 9.64 Å². The average Bonchev–Trinajstić information content (AvgIpc) is 2.96. The summed E-state index contributed by atoms with van der Waals surface area (Å²) in [4.78, 5) is 28.4. The number of nitrogens with zero attached hydrogens (tertiary/aromatic N) is 1. The standard InChI is InChI=1S/C23H26N2O5/c1-14-13-16(7-10-18(14)30-4)21(27)19-20(15-5-8-17(26)9-6-15)25(12-11-24(2)3)23(29)22(19)28/h5-10,13,20,26-27H,11-12H2,1-4H3/p+1/t20-/m1/s1. The van der Waals surface area contributed by atoms with E-state index in [2.05, 4.69) is 0 Å². The largest absolute Gasteiger partial charge is 0.508 e. The van der Waals surface area contributed by atoms with Crippen molar-refractivity contribution in [2.75, 3.05) is 34.3 Å². The molecule has 1 aliphatic heterocycles. The van der Waals surface area contributed by atoms with Crippen molar-refractivity contribution < 1.29 is 29.4 Å². The van der Waals surface area contributed by atoms with Crippen LogP contribution in [-0.4, -0.2) is 61.1 Å². The molecule has 2 aromatic carbocycles. The van der Waals surface area contributed by atoms with Crippen molar-refractivity contribution in [3.05, 3.63) is 64.7 Å². The molecule has 0 aliphatic carbocycles. The number of likely N-dealkylation sites (N-methyl/N-ethyl adjacent to an activating group) is 1. The third-order valence-electron chi connectivity index (χ3n) is 5.27. The first-order valence-corrected chi connectivity index (χ1v) is 9.76. The summed E-state index contributed by atoms with van der Waals surface area (Å²) in [6.45, 7) is 2.84. The molecule has 2 aromatic rings. The van der Waals surface area contributed by atoms with E-state index in [0.717, 1.165) is 10.5 Å². The summed E-state index contributed by atoms with van der Waals surface area (Å²) in [5, 5.41) is 20.7. The number of carbonyl (C=O) groups excluding carboxylic acids is 2. The Balaban J connectivity index is 2.14. The van der Waals surface area contributed by atoms with Crippen molar-refractivity contribution in [1.29, 1.82) is 0 Å². The van der Waals surface area contributed by atoms with E-state index in [0.29, 0.717) is 30.0 Å². The van der Waals surface area contributed by atoms with Crippen LogP contribution in [0.3, 0.4) is 0 Å². The molecule has 0 saturated carbocycles. The van der Waals surface area contributed by atoms with Gasteiger partial charge in [-0.2, -0.15) is 0 Å². The maximum atomic E-state index is 12.9. The third-order valence-corrected chi connectivity index (χ3v) is 5.27. The number of aliphatic hydroxyl groups is 1. The lowest BCUT2D eigenvalue weighted by Crippen LogP contribution is -3.06. The number of methoxy groups -OCH3 is 1. The molecule has 0 spiro atoms. The van der Waals surface area contributed by atoms with Gasteiger partial charge in [0.1, 0.15) is 17.3 Å². The summed E-state index contributed by atoms with van der Waals surface area (Å²) in [6, 6.07) is 10.7. The monoisotopic (exact) mass is 411 g/mol. The Kier molecular flexibility index (Phi) is 6.12. The quantitative estimate of drug-likeness (QED) is 0.378. The highest BCUT2D eigenvalue weighted by molar-refractivity contribution is 6.46. The topological polar surface area (TPSA) is 91.5 Å². The Bertz CT molecular complexity index is 995. The molecule has 30 heavy (non-hydrogen) atoms. The van der Waals surface area contributed by atoms with Gasteiger partial charge >= 0.3 is 0 Å². The number of amides is 1. The first-order valence-electron chi connectivity index (χ1n) is 9.76. The minimum atomic E-state index is -0.729. The van der Waals surface area contributed by atoms with Gasteiger partial charge in [-0.05, 0) is 48.4 Å². The lowest BCUT2D eigenvalue weighted by molar-refractivity contribution is -0.857. The van der Waals surface area contributed by atoms with Gasteiger partial charge in [0.05, 0.1) is 45.9 Å². The number of benzene rings is 2. The van der Waals surface area contributed by atoms with E-state index < -0.39 is 17.7 Å². The van der Waals surface area contributed by atoms with Crippen LogP contribution in [0.5, 0.6) is 11.5 Å². The van der Waals surface area contributed by atoms with E-state index in [1.54, 1.807) is 37.4 Å². The number of phenolic OH excluding ortho intramolecular Hbond substituents is 1. The zero-order chi connectivity index (χ0) is 22.0. The molecule has 1 atom stereocenters. The second kappa shape index (κ2) is 8.59. The number of ether oxygens (including phenoxy) is 1. The number of carbonyl (C=O) groups is 2. The molecule has 0 radical (unpaired) electrons. The van der Waals surface area contributed by atoms with Gasteiger partial charge in [-0.15, -0.1) is 0 Å². The molecule has 7 heteroatoms. The van der Waals surface area contributed by atoms with Crippen molar-refractivity contribution in [3.63, 3.8) is 0 Å². The normalized spacial score (nSPS) is 18.3. The molecule has 1 amide bonds. The molecule has 0 aromatic heterocycles. The lowest BCUT2D eigenvalue weighted by atomic mass is 9.94. The molecular formula is C23H27N2O5+. The lowest BCUT2D eigenvalue weighted by Gasteiger charge is -2.25. The van der Waals surface area contributed by atoms with E-state index in [4.69, 9.17) is 4.74 Å². The number of ketones is 1. The Morgan fingerprint density at radius 2 is 1.80 bits per heavy atom. The van der Waals surface area contributed by atoms with E-state index in [1.807, 2.05) is 21.0 Å². The van der Waals surface area contributed by atoms with Crippen LogP contribution >= 0.6 is 0 Å². The second-order valence-electron chi connectivity index (χ2n) is 7.73. The zero-order valence-corrected chi connectivity index (χ0v) is 17.6. The van der Waals surface area contributed by atoms with Crippen LogP contribution in [0.4, 0.5) is 0 Å². The van der Waals surface area contributed by atoms with Crippen LogP contribution in [0, 0.1) is 6.92 Å². The minimum absolute atomic E-state index is 0.0454. The second-order valence-corrected chi connectivity index (χ2v) is 7.73. The molecule has 1 aliphatic rings. The molecule has 0 bridgehead atoms. The molecule has 3 rings (SSSR count). The third kappa shape index (κ3) is 4.02. The number of likely N-dealkylation sites (tertiary alicyclic amines) is 1. The van der Waals surface area contributed by atoms with Gasteiger partial charge < -0.3 is 24.7 Å². The molecule has 158 valence electrons. The SMILES string of the molecule is COc1ccc(C(O)=C2C(=O)C(=O)N(CC[NH+](C)C)[C@@H]2c2ccc(O)cc2)cc1C. The highest BCUT2D eigenvalue weighted by Crippen LogP contribution is 2.39. The Labute approximate surface area is 175 Å². The highest BCUT2D eigenvalue weighted by atomic mass is 16.5. The van der Waals surface area contributed by atoms with Crippen LogP contribution in [0.1, 0.15) is 22.7 Å². The van der Waals surface area contributed by atoms with E-state index >= 15 is 0 Å². The van der Waals surface area contributed by atoms with Crippen molar-refractivity contribution in [3.8, 4) is 11.5 Å². The Morgan fingerprint density at radius 3 is 2.37 bits per heavy atom. The number of hydrogen-bond donors (Lipinski definition) is 3. The molecule has 1 saturated heterocycles. The fourth-order valence-electron chi connectivity index (χ4n) is 3.64. The first-order chi connectivity index (χ1) is 14.2. The summed E-state index contributed by atoms with van der Waals surface area (Å²) in [5.74, 6) is -0.832. The number of aliphatic hydroxyl groups excluding tert-OH is 1. The number of rotatable bonds is 6. The molecule has 3 N–H and O–H groups in total. The fourth-order valence-corrected chi connectivity index (χ4v) is 3.64. The summed E-state index contributed by atoms with van der Waals surface area (Å²) in [5.41, 5.74) is 1.93. The molecular weight excluding hydrogens is 384 g/mol. The number of aryl methyl sites for hydroxylation is 1. The average molecular weight is 411 g/mol. The molecule has 1 heterocycles. The number of quaternary nitrogens is 1. The van der Waals surface area contributed by atoms with Crippen molar-refractivity contribution in [1.82, 2.24) is 4.90 Å².